The van der Waals surface area contributed by atoms with Crippen LogP contribution in [0.5, 0.6) is 0 Å². The third kappa shape index (κ3) is 3.29. The van der Waals surface area contributed by atoms with E-state index in [0.29, 0.717) is 32.1 Å². The molecular formula is C14H13F2N7O. The maximum Gasteiger partial charge on any atom is 0.280 e. The summed E-state index contributed by atoms with van der Waals surface area (Å²) in [4.78, 5) is 29.6. The van der Waals surface area contributed by atoms with Gasteiger partial charge in [0.25, 0.3) is 12.0 Å². The fourth-order valence-electron chi connectivity index (χ4n) is 2.41. The van der Waals surface area contributed by atoms with Crippen molar-refractivity contribution in [3.8, 4) is 6.07 Å². The Morgan fingerprint density at radius 1 is 1.21 bits per heavy atom. The highest BCUT2D eigenvalue weighted by molar-refractivity contribution is 5.39. The van der Waals surface area contributed by atoms with E-state index in [1.807, 2.05) is 11.0 Å². The van der Waals surface area contributed by atoms with Crippen LogP contribution < -0.4 is 15.4 Å². The van der Waals surface area contributed by atoms with Crippen LogP contribution in [0.3, 0.4) is 0 Å². The number of nitrogens with one attached hydrogen (secondary N) is 1. The van der Waals surface area contributed by atoms with Gasteiger partial charge in [0.2, 0.25) is 11.9 Å². The predicted octanol–water partition coefficient (Wildman–Crippen LogP) is 0.696. The minimum absolute atomic E-state index is 0.129. The zero-order chi connectivity index (χ0) is 17.1. The first-order valence-electron chi connectivity index (χ1n) is 7.19. The van der Waals surface area contributed by atoms with Crippen molar-refractivity contribution in [2.75, 3.05) is 36.0 Å². The highest BCUT2D eigenvalue weighted by Crippen LogP contribution is 2.18. The standard InChI is InChI=1S/C14H13F2N7O/c15-12(16)10-7-11(24)21-14(20-10)23-5-3-22(4-6-23)13-18-2-1-9(8-17)19-13/h1-2,7,12H,3-6H2,(H,20,21,24). The van der Waals surface area contributed by atoms with Crippen molar-refractivity contribution < 1.29 is 8.78 Å². The summed E-state index contributed by atoms with van der Waals surface area (Å²) in [6.07, 6.45) is -1.28. The number of rotatable bonds is 3. The van der Waals surface area contributed by atoms with Gasteiger partial charge >= 0.3 is 0 Å². The molecule has 0 spiro atoms. The summed E-state index contributed by atoms with van der Waals surface area (Å²) in [7, 11) is 0. The van der Waals surface area contributed by atoms with Gasteiger partial charge in [0.1, 0.15) is 17.5 Å². The van der Waals surface area contributed by atoms with Crippen LogP contribution in [-0.4, -0.2) is 46.1 Å². The Morgan fingerprint density at radius 2 is 1.92 bits per heavy atom. The van der Waals surface area contributed by atoms with Gasteiger partial charge in [-0.1, -0.05) is 0 Å². The molecule has 3 heterocycles. The minimum atomic E-state index is -2.80. The van der Waals surface area contributed by atoms with Crippen LogP contribution in [0.25, 0.3) is 0 Å². The fourth-order valence-corrected chi connectivity index (χ4v) is 2.41. The Morgan fingerprint density at radius 3 is 2.58 bits per heavy atom. The third-order valence-electron chi connectivity index (χ3n) is 3.59. The van der Waals surface area contributed by atoms with Crippen LogP contribution in [0.1, 0.15) is 17.8 Å². The number of H-pyrrole nitrogens is 1. The van der Waals surface area contributed by atoms with Crippen molar-refractivity contribution in [1.29, 1.82) is 5.26 Å². The van der Waals surface area contributed by atoms with Gasteiger partial charge in [-0.05, 0) is 6.07 Å². The monoisotopic (exact) mass is 333 g/mol. The molecular weight excluding hydrogens is 320 g/mol. The van der Waals surface area contributed by atoms with Crippen molar-refractivity contribution in [3.63, 3.8) is 0 Å². The summed E-state index contributed by atoms with van der Waals surface area (Å²) in [5.41, 5.74) is -0.873. The largest absolute Gasteiger partial charge is 0.339 e. The van der Waals surface area contributed by atoms with E-state index in [9.17, 15) is 13.6 Å². The molecule has 1 fully saturated rings. The molecule has 0 atom stereocenters. The van der Waals surface area contributed by atoms with Gasteiger partial charge in [0, 0.05) is 38.4 Å². The summed E-state index contributed by atoms with van der Waals surface area (Å²) < 4.78 is 25.5. The number of hydrogen-bond donors (Lipinski definition) is 1. The average Bonchev–Trinajstić information content (AvgIpc) is 2.61. The fraction of sp³-hybridized carbons (Fsp3) is 0.357. The normalized spacial score (nSPS) is 14.8. The maximum atomic E-state index is 12.8. The van der Waals surface area contributed by atoms with Gasteiger partial charge in [-0.3, -0.25) is 9.78 Å². The number of aromatic amines is 1. The molecule has 0 unspecified atom stereocenters. The van der Waals surface area contributed by atoms with Crippen LogP contribution in [-0.2, 0) is 0 Å². The molecule has 0 aromatic carbocycles. The number of aromatic nitrogens is 4. The van der Waals surface area contributed by atoms with E-state index < -0.39 is 17.7 Å². The summed E-state index contributed by atoms with van der Waals surface area (Å²) in [5.74, 6) is 0.570. The number of piperazine rings is 1. The molecule has 8 nitrogen and oxygen atoms in total. The third-order valence-corrected chi connectivity index (χ3v) is 3.59. The van der Waals surface area contributed by atoms with E-state index in [1.54, 1.807) is 4.90 Å². The lowest BCUT2D eigenvalue weighted by atomic mass is 10.3. The van der Waals surface area contributed by atoms with Crippen LogP contribution in [0.15, 0.2) is 23.1 Å². The number of alkyl halides is 2. The molecule has 0 amide bonds. The van der Waals surface area contributed by atoms with Crippen LogP contribution >= 0.6 is 0 Å². The molecule has 10 heteroatoms. The first-order valence-corrected chi connectivity index (χ1v) is 7.19. The summed E-state index contributed by atoms with van der Waals surface area (Å²) in [6, 6.07) is 4.27. The van der Waals surface area contributed by atoms with Gasteiger partial charge in [-0.2, -0.15) is 5.26 Å². The molecule has 124 valence electrons. The van der Waals surface area contributed by atoms with Crippen LogP contribution in [0, 0.1) is 11.3 Å². The highest BCUT2D eigenvalue weighted by Gasteiger charge is 2.22. The van der Waals surface area contributed by atoms with Gasteiger partial charge in [-0.15, -0.1) is 0 Å². The molecule has 24 heavy (non-hydrogen) atoms. The van der Waals surface area contributed by atoms with Crippen LogP contribution in [0.4, 0.5) is 20.7 Å². The summed E-state index contributed by atoms with van der Waals surface area (Å²) in [6.45, 7) is 1.93. The van der Waals surface area contributed by atoms with Gasteiger partial charge < -0.3 is 9.80 Å². The lowest BCUT2D eigenvalue weighted by Gasteiger charge is -2.35. The lowest BCUT2D eigenvalue weighted by Crippen LogP contribution is -2.48. The maximum absolute atomic E-state index is 12.8. The SMILES string of the molecule is N#Cc1ccnc(N2CCN(c3nc(C(F)F)cc(=O)[nH]3)CC2)n1. The van der Waals surface area contributed by atoms with Gasteiger partial charge in [0.15, 0.2) is 0 Å². The average molecular weight is 333 g/mol. The minimum Gasteiger partial charge on any atom is -0.339 e. The van der Waals surface area contributed by atoms with E-state index >= 15 is 0 Å². The zero-order valence-corrected chi connectivity index (χ0v) is 12.5. The molecule has 0 radical (unpaired) electrons. The van der Waals surface area contributed by atoms with Gasteiger partial charge in [0.05, 0.1) is 0 Å². The van der Waals surface area contributed by atoms with Crippen molar-refractivity contribution in [3.05, 3.63) is 40.1 Å². The summed E-state index contributed by atoms with van der Waals surface area (Å²) in [5, 5.41) is 8.88. The van der Waals surface area contributed by atoms with Crippen molar-refractivity contribution in [2.24, 2.45) is 0 Å². The number of nitrogens with zero attached hydrogens (tertiary/aromatic N) is 6. The van der Waals surface area contributed by atoms with Crippen molar-refractivity contribution in [1.82, 2.24) is 19.9 Å². The molecule has 0 aliphatic carbocycles. The Bertz CT molecular complexity index is 824. The molecule has 0 bridgehead atoms. The molecule has 0 saturated carbocycles. The van der Waals surface area contributed by atoms with Gasteiger partial charge in [-0.25, -0.2) is 23.7 Å². The topological polar surface area (TPSA) is 102 Å². The smallest absolute Gasteiger partial charge is 0.280 e. The Labute approximate surface area is 135 Å². The quantitative estimate of drug-likeness (QED) is 0.882. The van der Waals surface area contributed by atoms with E-state index in [-0.39, 0.29) is 11.6 Å². The molecule has 2 aromatic heterocycles. The molecule has 1 saturated heterocycles. The first-order chi connectivity index (χ1) is 11.6. The number of nitriles is 1. The molecule has 1 N–H and O–H groups in total. The second kappa shape index (κ2) is 6.57. The van der Waals surface area contributed by atoms with Crippen LogP contribution in [0.2, 0.25) is 0 Å². The Hall–Kier alpha value is -3.09. The number of halogens is 2. The van der Waals surface area contributed by atoms with E-state index in [4.69, 9.17) is 5.26 Å². The second-order valence-electron chi connectivity index (χ2n) is 5.12. The lowest BCUT2D eigenvalue weighted by molar-refractivity contribution is 0.146. The highest BCUT2D eigenvalue weighted by atomic mass is 19.3. The Kier molecular flexibility index (Phi) is 4.33. The number of anilines is 2. The summed E-state index contributed by atoms with van der Waals surface area (Å²) >= 11 is 0. The zero-order valence-electron chi connectivity index (χ0n) is 12.5. The van der Waals surface area contributed by atoms with E-state index in [1.165, 1.54) is 12.3 Å². The molecule has 1 aliphatic rings. The predicted molar refractivity (Wildman–Crippen MR) is 81.0 cm³/mol. The van der Waals surface area contributed by atoms with Crippen molar-refractivity contribution in [2.45, 2.75) is 6.43 Å². The van der Waals surface area contributed by atoms with Crippen molar-refractivity contribution >= 4 is 11.9 Å². The molecule has 1 aliphatic heterocycles. The first kappa shape index (κ1) is 15.8. The molecule has 2 aromatic rings. The Balaban J connectivity index is 1.73. The van der Waals surface area contributed by atoms with E-state index in [2.05, 4.69) is 19.9 Å². The second-order valence-corrected chi connectivity index (χ2v) is 5.12. The van der Waals surface area contributed by atoms with E-state index in [0.717, 1.165) is 6.07 Å². The molecule has 3 rings (SSSR count). The number of hydrogen-bond acceptors (Lipinski definition) is 7.